The molecule has 1 saturated heterocycles. The third-order valence-corrected chi connectivity index (χ3v) is 2.97. The maximum absolute atomic E-state index is 12.1. The van der Waals surface area contributed by atoms with E-state index in [0.717, 1.165) is 25.9 Å². The largest absolute Gasteiger partial charge is 0.337 e. The Morgan fingerprint density at radius 2 is 2.20 bits per heavy atom. The molecule has 4 nitrogen and oxygen atoms in total. The van der Waals surface area contributed by atoms with Crippen LogP contribution in [-0.2, 0) is 6.54 Å². The lowest BCUT2D eigenvalue weighted by Crippen LogP contribution is -2.30. The Kier molecular flexibility index (Phi) is 2.95. The molecule has 1 aromatic heterocycles. The van der Waals surface area contributed by atoms with Gasteiger partial charge in [0.05, 0.1) is 11.2 Å². The van der Waals surface area contributed by atoms with Gasteiger partial charge in [-0.25, -0.2) is 0 Å². The van der Waals surface area contributed by atoms with Crippen LogP contribution in [0.25, 0.3) is 0 Å². The number of carbonyl (C=O) groups is 1. The Labute approximate surface area is 93.8 Å². The van der Waals surface area contributed by atoms with Gasteiger partial charge in [0.15, 0.2) is 0 Å². The fourth-order valence-corrected chi connectivity index (χ4v) is 2.11. The van der Waals surface area contributed by atoms with Gasteiger partial charge in [-0.3, -0.25) is 9.48 Å². The molecular formula is C10H14ClN3O. The third-order valence-electron chi connectivity index (χ3n) is 2.69. The van der Waals surface area contributed by atoms with E-state index in [2.05, 4.69) is 5.10 Å². The zero-order valence-electron chi connectivity index (χ0n) is 8.74. The first-order valence-corrected chi connectivity index (χ1v) is 5.62. The molecule has 0 bridgehead atoms. The normalized spacial score (nSPS) is 16.0. The Balaban J connectivity index is 2.27. The SMILES string of the molecule is CCn1ncc(Cl)c1C(=O)N1CCCC1. The Morgan fingerprint density at radius 1 is 1.53 bits per heavy atom. The van der Waals surface area contributed by atoms with Crippen LogP contribution in [-0.4, -0.2) is 33.7 Å². The first-order chi connectivity index (χ1) is 7.24. The second-order valence-corrected chi connectivity index (χ2v) is 4.06. The van der Waals surface area contributed by atoms with Gasteiger partial charge >= 0.3 is 0 Å². The zero-order chi connectivity index (χ0) is 10.8. The van der Waals surface area contributed by atoms with Crippen LogP contribution in [0.3, 0.4) is 0 Å². The summed E-state index contributed by atoms with van der Waals surface area (Å²) in [6.45, 7) is 4.29. The van der Waals surface area contributed by atoms with Gasteiger partial charge in [-0.1, -0.05) is 11.6 Å². The van der Waals surface area contributed by atoms with Gasteiger partial charge in [-0.05, 0) is 19.8 Å². The minimum absolute atomic E-state index is 0.0110. The molecule has 1 aliphatic heterocycles. The lowest BCUT2D eigenvalue weighted by molar-refractivity contribution is 0.0780. The summed E-state index contributed by atoms with van der Waals surface area (Å²) in [5, 5.41) is 4.52. The number of hydrogen-bond donors (Lipinski definition) is 0. The molecule has 5 heteroatoms. The van der Waals surface area contributed by atoms with E-state index in [-0.39, 0.29) is 5.91 Å². The molecule has 0 atom stereocenters. The Hall–Kier alpha value is -1.03. The van der Waals surface area contributed by atoms with E-state index in [1.165, 1.54) is 6.20 Å². The highest BCUT2D eigenvalue weighted by atomic mass is 35.5. The summed E-state index contributed by atoms with van der Waals surface area (Å²) in [7, 11) is 0. The van der Waals surface area contributed by atoms with Crippen molar-refractivity contribution in [3.63, 3.8) is 0 Å². The summed E-state index contributed by atoms with van der Waals surface area (Å²) in [6.07, 6.45) is 3.71. The lowest BCUT2D eigenvalue weighted by Gasteiger charge is -2.15. The maximum atomic E-state index is 12.1. The molecule has 0 N–H and O–H groups in total. The molecule has 0 unspecified atom stereocenters. The average molecular weight is 228 g/mol. The summed E-state index contributed by atoms with van der Waals surface area (Å²) in [5.74, 6) is 0.0110. The standard InChI is InChI=1S/C10H14ClN3O/c1-2-14-9(8(11)7-12-14)10(15)13-5-3-4-6-13/h7H,2-6H2,1H3. The number of hydrogen-bond acceptors (Lipinski definition) is 2. The van der Waals surface area contributed by atoms with Crippen LogP contribution >= 0.6 is 11.6 Å². The number of amides is 1. The molecule has 15 heavy (non-hydrogen) atoms. The fraction of sp³-hybridized carbons (Fsp3) is 0.600. The van der Waals surface area contributed by atoms with Crippen molar-refractivity contribution in [1.29, 1.82) is 0 Å². The molecule has 1 fully saturated rings. The number of nitrogens with zero attached hydrogens (tertiary/aromatic N) is 3. The van der Waals surface area contributed by atoms with E-state index in [1.807, 2.05) is 11.8 Å². The molecule has 1 amide bonds. The molecule has 0 spiro atoms. The summed E-state index contributed by atoms with van der Waals surface area (Å²) in [6, 6.07) is 0. The predicted octanol–water partition coefficient (Wildman–Crippen LogP) is 1.79. The molecule has 0 radical (unpaired) electrons. The van der Waals surface area contributed by atoms with Crippen LogP contribution in [0, 0.1) is 0 Å². The molecule has 1 aromatic rings. The molecule has 0 aromatic carbocycles. The quantitative estimate of drug-likeness (QED) is 0.773. The minimum Gasteiger partial charge on any atom is -0.337 e. The van der Waals surface area contributed by atoms with E-state index < -0.39 is 0 Å². The molecule has 2 heterocycles. The summed E-state index contributed by atoms with van der Waals surface area (Å²) >= 11 is 5.97. The van der Waals surface area contributed by atoms with Crippen molar-refractivity contribution >= 4 is 17.5 Å². The summed E-state index contributed by atoms with van der Waals surface area (Å²) in [5.41, 5.74) is 0.529. The van der Waals surface area contributed by atoms with E-state index in [4.69, 9.17) is 11.6 Å². The Morgan fingerprint density at radius 3 is 2.80 bits per heavy atom. The first kappa shape index (κ1) is 10.5. The molecule has 1 aliphatic rings. The van der Waals surface area contributed by atoms with Gasteiger partial charge in [0.2, 0.25) is 0 Å². The molecule has 0 aliphatic carbocycles. The van der Waals surface area contributed by atoms with Crippen molar-refractivity contribution in [2.24, 2.45) is 0 Å². The topological polar surface area (TPSA) is 38.1 Å². The second-order valence-electron chi connectivity index (χ2n) is 3.66. The minimum atomic E-state index is 0.0110. The van der Waals surface area contributed by atoms with E-state index in [9.17, 15) is 4.79 Å². The van der Waals surface area contributed by atoms with Gasteiger partial charge in [-0.15, -0.1) is 0 Å². The Bertz CT molecular complexity index is 369. The van der Waals surface area contributed by atoms with Gasteiger partial charge in [0, 0.05) is 19.6 Å². The van der Waals surface area contributed by atoms with Crippen LogP contribution in [0.2, 0.25) is 5.02 Å². The van der Waals surface area contributed by atoms with E-state index in [0.29, 0.717) is 17.3 Å². The smallest absolute Gasteiger partial charge is 0.273 e. The number of halogens is 1. The van der Waals surface area contributed by atoms with Crippen molar-refractivity contribution in [3.8, 4) is 0 Å². The maximum Gasteiger partial charge on any atom is 0.273 e. The van der Waals surface area contributed by atoms with Crippen molar-refractivity contribution in [2.45, 2.75) is 26.3 Å². The predicted molar refractivity (Wildman–Crippen MR) is 58.0 cm³/mol. The molecular weight excluding hydrogens is 214 g/mol. The number of carbonyl (C=O) groups excluding carboxylic acids is 1. The van der Waals surface area contributed by atoms with Gasteiger partial charge in [-0.2, -0.15) is 5.10 Å². The number of rotatable bonds is 2. The molecule has 2 rings (SSSR count). The van der Waals surface area contributed by atoms with Gasteiger partial charge in [0.1, 0.15) is 5.69 Å². The van der Waals surface area contributed by atoms with Gasteiger partial charge in [0.25, 0.3) is 5.91 Å². The molecule has 0 saturated carbocycles. The van der Waals surface area contributed by atoms with Crippen LogP contribution in [0.15, 0.2) is 6.20 Å². The van der Waals surface area contributed by atoms with Crippen LogP contribution < -0.4 is 0 Å². The number of likely N-dealkylation sites (tertiary alicyclic amines) is 1. The number of aryl methyl sites for hydroxylation is 1. The van der Waals surface area contributed by atoms with E-state index >= 15 is 0 Å². The first-order valence-electron chi connectivity index (χ1n) is 5.24. The van der Waals surface area contributed by atoms with Crippen LogP contribution in [0.1, 0.15) is 30.3 Å². The van der Waals surface area contributed by atoms with Crippen molar-refractivity contribution in [3.05, 3.63) is 16.9 Å². The fourth-order valence-electron chi connectivity index (χ4n) is 1.88. The lowest BCUT2D eigenvalue weighted by atomic mass is 10.3. The summed E-state index contributed by atoms with van der Waals surface area (Å²) in [4.78, 5) is 13.9. The van der Waals surface area contributed by atoms with Crippen LogP contribution in [0.4, 0.5) is 0 Å². The van der Waals surface area contributed by atoms with E-state index in [1.54, 1.807) is 4.68 Å². The highest BCUT2D eigenvalue weighted by Crippen LogP contribution is 2.19. The monoisotopic (exact) mass is 227 g/mol. The van der Waals surface area contributed by atoms with Crippen molar-refractivity contribution in [1.82, 2.24) is 14.7 Å². The number of aromatic nitrogens is 2. The van der Waals surface area contributed by atoms with Gasteiger partial charge < -0.3 is 4.90 Å². The summed E-state index contributed by atoms with van der Waals surface area (Å²) < 4.78 is 1.66. The highest BCUT2D eigenvalue weighted by molar-refractivity contribution is 6.33. The van der Waals surface area contributed by atoms with Crippen molar-refractivity contribution in [2.75, 3.05) is 13.1 Å². The highest BCUT2D eigenvalue weighted by Gasteiger charge is 2.24. The second kappa shape index (κ2) is 4.23. The average Bonchev–Trinajstić information content (AvgIpc) is 2.85. The third kappa shape index (κ3) is 1.86. The van der Waals surface area contributed by atoms with Crippen LogP contribution in [0.5, 0.6) is 0 Å². The van der Waals surface area contributed by atoms with Crippen molar-refractivity contribution < 1.29 is 4.79 Å². The zero-order valence-corrected chi connectivity index (χ0v) is 9.50. The molecule has 82 valence electrons.